The van der Waals surface area contributed by atoms with Crippen molar-refractivity contribution in [1.29, 1.82) is 0 Å². The smallest absolute Gasteiger partial charge is 0.244 e. The first-order chi connectivity index (χ1) is 7.33. The molecule has 16 heavy (non-hydrogen) atoms. The van der Waals surface area contributed by atoms with Crippen LogP contribution in [0.15, 0.2) is 21.6 Å². The van der Waals surface area contributed by atoms with Gasteiger partial charge in [-0.3, -0.25) is 4.79 Å². The van der Waals surface area contributed by atoms with Gasteiger partial charge >= 0.3 is 0 Å². The molecule has 0 aliphatic carbocycles. The van der Waals surface area contributed by atoms with E-state index in [2.05, 4.69) is 20.9 Å². The van der Waals surface area contributed by atoms with Crippen LogP contribution < -0.4 is 10.5 Å². The molecule has 9 heteroatoms. The number of rotatable bonds is 4. The Morgan fingerprint density at radius 3 is 2.81 bits per heavy atom. The molecule has 1 aromatic rings. The number of primary amides is 1. The van der Waals surface area contributed by atoms with Crippen molar-refractivity contribution in [3.63, 3.8) is 0 Å². The Balaban J connectivity index is 3.07. The predicted octanol–water partition coefficient (Wildman–Crippen LogP) is 0.261. The summed E-state index contributed by atoms with van der Waals surface area (Å²) in [5, 5.41) is -0.180. The lowest BCUT2D eigenvalue weighted by molar-refractivity contribution is -0.116. The Morgan fingerprint density at radius 1 is 1.62 bits per heavy atom. The lowest BCUT2D eigenvalue weighted by atomic mass is 10.5. The Bertz CT molecular complexity index is 520. The van der Waals surface area contributed by atoms with Gasteiger partial charge in [-0.25, -0.2) is 18.1 Å². The van der Waals surface area contributed by atoms with Crippen molar-refractivity contribution < 1.29 is 13.2 Å². The highest BCUT2D eigenvalue weighted by atomic mass is 79.9. The number of hydrogen-bond donors (Lipinski definition) is 2. The molecule has 0 atom stereocenters. The first kappa shape index (κ1) is 13.4. The van der Waals surface area contributed by atoms with Gasteiger partial charge in [0.1, 0.15) is 10.0 Å². The van der Waals surface area contributed by atoms with Crippen LogP contribution in [0.25, 0.3) is 0 Å². The fourth-order valence-electron chi connectivity index (χ4n) is 0.836. The minimum atomic E-state index is -3.88. The van der Waals surface area contributed by atoms with Crippen molar-refractivity contribution in [2.45, 2.75) is 4.90 Å². The van der Waals surface area contributed by atoms with Crippen LogP contribution >= 0.6 is 27.5 Å². The molecule has 0 aromatic carbocycles. The van der Waals surface area contributed by atoms with Gasteiger partial charge in [0.2, 0.25) is 15.9 Å². The third-order valence-electron chi connectivity index (χ3n) is 1.50. The fraction of sp³-hybridized carbons (Fsp3) is 0.143. The Hall–Kier alpha value is -0.700. The standard InChI is InChI=1S/C7H7BrClN3O3S/c8-4-1-5(7(9)11-2-4)16(14,15)12-3-6(10)13/h1-2,12H,3H2,(H2,10,13). The minimum Gasteiger partial charge on any atom is -0.369 e. The Kier molecular flexibility index (Phi) is 4.25. The molecule has 0 radical (unpaired) electrons. The third-order valence-corrected chi connectivity index (χ3v) is 3.76. The van der Waals surface area contributed by atoms with Gasteiger partial charge in [-0.05, 0) is 22.0 Å². The van der Waals surface area contributed by atoms with Crippen LogP contribution in [0.5, 0.6) is 0 Å². The molecular weight excluding hydrogens is 322 g/mol. The number of pyridine rings is 1. The van der Waals surface area contributed by atoms with Crippen LogP contribution in [0.2, 0.25) is 5.15 Å². The molecule has 1 aromatic heterocycles. The second-order valence-corrected chi connectivity index (χ2v) is 5.74. The lowest BCUT2D eigenvalue weighted by Crippen LogP contribution is -2.33. The van der Waals surface area contributed by atoms with Crippen LogP contribution in [-0.4, -0.2) is 25.9 Å². The number of sulfonamides is 1. The van der Waals surface area contributed by atoms with Crippen LogP contribution in [0, 0.1) is 0 Å². The summed E-state index contributed by atoms with van der Waals surface area (Å²) in [6.07, 6.45) is 1.36. The molecule has 1 rings (SSSR count). The normalized spacial score (nSPS) is 11.4. The molecule has 3 N–H and O–H groups in total. The molecule has 0 saturated carbocycles. The zero-order valence-corrected chi connectivity index (χ0v) is 10.9. The SMILES string of the molecule is NC(=O)CNS(=O)(=O)c1cc(Br)cnc1Cl. The molecule has 0 aliphatic rings. The number of amides is 1. The zero-order valence-electron chi connectivity index (χ0n) is 7.78. The largest absolute Gasteiger partial charge is 0.369 e. The van der Waals surface area contributed by atoms with Crippen molar-refractivity contribution in [3.8, 4) is 0 Å². The Morgan fingerprint density at radius 2 is 2.25 bits per heavy atom. The molecule has 88 valence electrons. The van der Waals surface area contributed by atoms with Gasteiger partial charge in [0, 0.05) is 10.7 Å². The highest BCUT2D eigenvalue weighted by Gasteiger charge is 2.19. The first-order valence-electron chi connectivity index (χ1n) is 3.92. The van der Waals surface area contributed by atoms with Gasteiger partial charge in [-0.1, -0.05) is 11.6 Å². The maximum absolute atomic E-state index is 11.6. The van der Waals surface area contributed by atoms with Gasteiger partial charge in [-0.15, -0.1) is 0 Å². The van der Waals surface area contributed by atoms with E-state index in [9.17, 15) is 13.2 Å². The Labute approximate surface area is 105 Å². The highest BCUT2D eigenvalue weighted by Crippen LogP contribution is 2.22. The monoisotopic (exact) mass is 327 g/mol. The molecule has 0 fully saturated rings. The van der Waals surface area contributed by atoms with Gasteiger partial charge in [0.25, 0.3) is 0 Å². The number of nitrogens with one attached hydrogen (secondary N) is 1. The summed E-state index contributed by atoms with van der Waals surface area (Å²) in [4.78, 5) is 13.9. The van der Waals surface area contributed by atoms with Crippen molar-refractivity contribution in [2.75, 3.05) is 6.54 Å². The number of halogens is 2. The van der Waals surface area contributed by atoms with Crippen molar-refractivity contribution >= 4 is 43.5 Å². The molecule has 0 aliphatic heterocycles. The maximum atomic E-state index is 11.6. The van der Waals surface area contributed by atoms with E-state index in [4.69, 9.17) is 17.3 Å². The fourth-order valence-corrected chi connectivity index (χ4v) is 2.77. The lowest BCUT2D eigenvalue weighted by Gasteiger charge is -2.06. The predicted molar refractivity (Wildman–Crippen MR) is 61.3 cm³/mol. The summed E-state index contributed by atoms with van der Waals surface area (Å²) in [7, 11) is -3.88. The second kappa shape index (κ2) is 5.09. The van der Waals surface area contributed by atoms with E-state index in [1.165, 1.54) is 12.3 Å². The number of nitrogens with two attached hydrogens (primary N) is 1. The molecular formula is C7H7BrClN3O3S. The molecule has 6 nitrogen and oxygen atoms in total. The second-order valence-electron chi connectivity index (χ2n) is 2.73. The van der Waals surface area contributed by atoms with E-state index in [1.807, 2.05) is 4.72 Å². The van der Waals surface area contributed by atoms with Crippen molar-refractivity contribution in [2.24, 2.45) is 5.73 Å². The van der Waals surface area contributed by atoms with Crippen LogP contribution in [0.4, 0.5) is 0 Å². The van der Waals surface area contributed by atoms with Crippen molar-refractivity contribution in [3.05, 3.63) is 21.9 Å². The van der Waals surface area contributed by atoms with Crippen LogP contribution in [0.3, 0.4) is 0 Å². The van der Waals surface area contributed by atoms with E-state index in [-0.39, 0.29) is 10.0 Å². The molecule has 0 saturated heterocycles. The van der Waals surface area contributed by atoms with Gasteiger partial charge in [0.05, 0.1) is 6.54 Å². The molecule has 1 amide bonds. The average molecular weight is 329 g/mol. The first-order valence-corrected chi connectivity index (χ1v) is 6.57. The van der Waals surface area contributed by atoms with Crippen LogP contribution in [0.1, 0.15) is 0 Å². The van der Waals surface area contributed by atoms with Gasteiger partial charge in [0.15, 0.2) is 0 Å². The maximum Gasteiger partial charge on any atom is 0.244 e. The van der Waals surface area contributed by atoms with E-state index in [1.54, 1.807) is 0 Å². The summed E-state index contributed by atoms with van der Waals surface area (Å²) in [5.74, 6) is -0.789. The number of hydrogen-bond acceptors (Lipinski definition) is 4. The molecule has 1 heterocycles. The number of carbonyl (C=O) groups excluding carboxylic acids is 1. The third kappa shape index (κ3) is 3.41. The van der Waals surface area contributed by atoms with E-state index >= 15 is 0 Å². The molecule has 0 bridgehead atoms. The number of nitrogens with zero attached hydrogens (tertiary/aromatic N) is 1. The number of aromatic nitrogens is 1. The van der Waals surface area contributed by atoms with Gasteiger partial charge in [-0.2, -0.15) is 0 Å². The summed E-state index contributed by atoms with van der Waals surface area (Å²) in [6, 6.07) is 1.28. The summed E-state index contributed by atoms with van der Waals surface area (Å²) in [6.45, 7) is -0.495. The topological polar surface area (TPSA) is 102 Å². The van der Waals surface area contributed by atoms with Crippen LogP contribution in [-0.2, 0) is 14.8 Å². The zero-order chi connectivity index (χ0) is 12.3. The summed E-state index contributed by atoms with van der Waals surface area (Å²) >= 11 is 8.69. The van der Waals surface area contributed by atoms with E-state index in [0.29, 0.717) is 4.47 Å². The van der Waals surface area contributed by atoms with E-state index < -0.39 is 22.5 Å². The minimum absolute atomic E-state index is 0.180. The average Bonchev–Trinajstić information content (AvgIpc) is 2.19. The molecule has 0 spiro atoms. The quantitative estimate of drug-likeness (QED) is 0.774. The number of carbonyl (C=O) groups is 1. The highest BCUT2D eigenvalue weighted by molar-refractivity contribution is 9.10. The van der Waals surface area contributed by atoms with Gasteiger partial charge < -0.3 is 5.73 Å². The summed E-state index contributed by atoms with van der Waals surface area (Å²) in [5.41, 5.74) is 4.82. The molecule has 0 unspecified atom stereocenters. The summed E-state index contributed by atoms with van der Waals surface area (Å²) < 4.78 is 25.7. The van der Waals surface area contributed by atoms with E-state index in [0.717, 1.165) is 0 Å². The van der Waals surface area contributed by atoms with Crippen molar-refractivity contribution in [1.82, 2.24) is 9.71 Å².